The van der Waals surface area contributed by atoms with Crippen LogP contribution in [-0.2, 0) is 16.0 Å². The number of hydrogen-bond donors (Lipinski definition) is 2. The minimum absolute atomic E-state index is 0.0582. The van der Waals surface area contributed by atoms with Crippen LogP contribution in [0.5, 0.6) is 0 Å². The minimum Gasteiger partial charge on any atom is -0.358 e. The third-order valence-corrected chi connectivity index (χ3v) is 5.39. The van der Waals surface area contributed by atoms with Gasteiger partial charge in [0.05, 0.1) is 18.7 Å². The van der Waals surface area contributed by atoms with Gasteiger partial charge in [-0.15, -0.1) is 11.8 Å². The number of nitrogens with zero attached hydrogens (tertiary/aromatic N) is 1. The summed E-state index contributed by atoms with van der Waals surface area (Å²) in [4.78, 5) is 30.5. The van der Waals surface area contributed by atoms with E-state index in [2.05, 4.69) is 10.3 Å². The second kappa shape index (κ2) is 8.48. The SMILES string of the molecule is CSc1ccccc1NC(=O)CN(C)C(=O)Cc1c(C)[nH]c2ccc(F)cc12. The normalized spacial score (nSPS) is 10.9. The van der Waals surface area contributed by atoms with Crippen molar-refractivity contribution in [1.29, 1.82) is 0 Å². The second-order valence-corrected chi connectivity index (χ2v) is 7.44. The Morgan fingerprint density at radius 1 is 1.21 bits per heavy atom. The molecule has 0 bridgehead atoms. The Labute approximate surface area is 167 Å². The minimum atomic E-state index is -0.347. The van der Waals surface area contributed by atoms with Crippen LogP contribution in [0, 0.1) is 12.7 Å². The third kappa shape index (κ3) is 4.36. The van der Waals surface area contributed by atoms with Gasteiger partial charge in [-0.3, -0.25) is 9.59 Å². The molecule has 0 aliphatic carbocycles. The first-order valence-electron chi connectivity index (χ1n) is 8.82. The largest absolute Gasteiger partial charge is 0.358 e. The number of halogens is 1. The molecular weight excluding hydrogens is 377 g/mol. The number of hydrogen-bond acceptors (Lipinski definition) is 3. The maximum Gasteiger partial charge on any atom is 0.244 e. The molecule has 0 unspecified atom stereocenters. The van der Waals surface area contributed by atoms with Gasteiger partial charge in [-0.25, -0.2) is 4.39 Å². The Kier molecular flexibility index (Phi) is 6.04. The average molecular weight is 399 g/mol. The molecule has 5 nitrogen and oxygen atoms in total. The number of likely N-dealkylation sites (N-methyl/N-ethyl adjacent to an activating group) is 1. The fourth-order valence-corrected chi connectivity index (χ4v) is 3.66. The summed E-state index contributed by atoms with van der Waals surface area (Å²) in [6.45, 7) is 1.80. The third-order valence-electron chi connectivity index (χ3n) is 4.60. The van der Waals surface area contributed by atoms with Gasteiger partial charge in [-0.05, 0) is 49.1 Å². The predicted molar refractivity (Wildman–Crippen MR) is 111 cm³/mol. The Hall–Kier alpha value is -2.80. The molecule has 7 heteroatoms. The van der Waals surface area contributed by atoms with Crippen molar-refractivity contribution in [2.75, 3.05) is 25.2 Å². The Morgan fingerprint density at radius 3 is 2.71 bits per heavy atom. The highest BCUT2D eigenvalue weighted by molar-refractivity contribution is 7.98. The van der Waals surface area contributed by atoms with E-state index in [4.69, 9.17) is 0 Å². The molecule has 0 aliphatic heterocycles. The van der Waals surface area contributed by atoms with Crippen LogP contribution in [0.1, 0.15) is 11.3 Å². The van der Waals surface area contributed by atoms with Crippen LogP contribution >= 0.6 is 11.8 Å². The summed E-state index contributed by atoms with van der Waals surface area (Å²) in [6.07, 6.45) is 2.04. The van der Waals surface area contributed by atoms with Gasteiger partial charge in [0.1, 0.15) is 5.82 Å². The van der Waals surface area contributed by atoms with E-state index >= 15 is 0 Å². The molecule has 0 saturated carbocycles. The molecule has 2 amide bonds. The van der Waals surface area contributed by atoms with E-state index in [0.717, 1.165) is 27.4 Å². The van der Waals surface area contributed by atoms with Crippen molar-refractivity contribution in [2.24, 2.45) is 0 Å². The molecule has 2 aromatic carbocycles. The number of anilines is 1. The van der Waals surface area contributed by atoms with Crippen molar-refractivity contribution in [3.8, 4) is 0 Å². The molecule has 0 spiro atoms. The summed E-state index contributed by atoms with van der Waals surface area (Å²) < 4.78 is 13.6. The number of rotatable bonds is 6. The number of carbonyl (C=O) groups is 2. The standard InChI is InChI=1S/C21H22FN3O2S/c1-13-15(16-10-14(22)8-9-17(16)23-13)11-21(27)25(2)12-20(26)24-18-6-4-5-7-19(18)28-3/h4-10,23H,11-12H2,1-3H3,(H,24,26). The summed E-state index contributed by atoms with van der Waals surface area (Å²) in [5.41, 5.74) is 3.08. The van der Waals surface area contributed by atoms with E-state index in [1.54, 1.807) is 13.1 Å². The smallest absolute Gasteiger partial charge is 0.244 e. The number of nitrogens with one attached hydrogen (secondary N) is 2. The summed E-state index contributed by atoms with van der Waals surface area (Å²) in [7, 11) is 1.59. The lowest BCUT2D eigenvalue weighted by Crippen LogP contribution is -2.36. The number of benzene rings is 2. The van der Waals surface area contributed by atoms with Crippen molar-refractivity contribution in [3.05, 3.63) is 59.5 Å². The average Bonchev–Trinajstić information content (AvgIpc) is 2.97. The molecule has 1 aromatic heterocycles. The molecule has 28 heavy (non-hydrogen) atoms. The molecule has 0 aliphatic rings. The molecular formula is C21H22FN3O2S. The van der Waals surface area contributed by atoms with Crippen LogP contribution in [0.2, 0.25) is 0 Å². The summed E-state index contributed by atoms with van der Waals surface area (Å²) in [5.74, 6) is -0.819. The van der Waals surface area contributed by atoms with Gasteiger partial charge in [0.25, 0.3) is 0 Å². The van der Waals surface area contributed by atoms with Gasteiger partial charge in [0.15, 0.2) is 0 Å². The molecule has 3 rings (SSSR count). The second-order valence-electron chi connectivity index (χ2n) is 6.59. The zero-order chi connectivity index (χ0) is 20.3. The molecule has 0 radical (unpaired) electrons. The first-order chi connectivity index (χ1) is 13.4. The van der Waals surface area contributed by atoms with E-state index < -0.39 is 0 Å². The van der Waals surface area contributed by atoms with Crippen molar-refractivity contribution in [2.45, 2.75) is 18.2 Å². The molecule has 0 saturated heterocycles. The van der Waals surface area contributed by atoms with Crippen molar-refractivity contribution in [1.82, 2.24) is 9.88 Å². The first kappa shape index (κ1) is 19.9. The predicted octanol–water partition coefficient (Wildman–Crippen LogP) is 3.98. The van der Waals surface area contributed by atoms with Gasteiger partial charge in [-0.1, -0.05) is 12.1 Å². The molecule has 0 fully saturated rings. The zero-order valence-electron chi connectivity index (χ0n) is 16.0. The highest BCUT2D eigenvalue weighted by atomic mass is 32.2. The quantitative estimate of drug-likeness (QED) is 0.617. The zero-order valence-corrected chi connectivity index (χ0v) is 16.8. The van der Waals surface area contributed by atoms with Crippen LogP contribution in [0.15, 0.2) is 47.4 Å². The van der Waals surface area contributed by atoms with E-state index in [0.29, 0.717) is 5.39 Å². The van der Waals surface area contributed by atoms with E-state index in [-0.39, 0.29) is 30.6 Å². The monoisotopic (exact) mass is 399 g/mol. The Bertz CT molecular complexity index is 1030. The van der Waals surface area contributed by atoms with Crippen LogP contribution in [0.25, 0.3) is 10.9 Å². The number of aromatic nitrogens is 1. The van der Waals surface area contributed by atoms with Crippen molar-refractivity contribution < 1.29 is 14.0 Å². The van der Waals surface area contributed by atoms with Crippen LogP contribution in [0.4, 0.5) is 10.1 Å². The van der Waals surface area contributed by atoms with E-state index in [9.17, 15) is 14.0 Å². The Morgan fingerprint density at radius 2 is 1.96 bits per heavy atom. The van der Waals surface area contributed by atoms with Crippen molar-refractivity contribution >= 4 is 40.2 Å². The molecule has 146 valence electrons. The lowest BCUT2D eigenvalue weighted by molar-refractivity contribution is -0.132. The molecule has 3 aromatic rings. The number of carbonyl (C=O) groups excluding carboxylic acids is 2. The number of thioether (sulfide) groups is 1. The molecule has 1 heterocycles. The van der Waals surface area contributed by atoms with Gasteiger partial charge < -0.3 is 15.2 Å². The van der Waals surface area contributed by atoms with Gasteiger partial charge in [0.2, 0.25) is 11.8 Å². The number of H-pyrrole nitrogens is 1. The van der Waals surface area contributed by atoms with Gasteiger partial charge in [0, 0.05) is 28.5 Å². The van der Waals surface area contributed by atoms with Gasteiger partial charge >= 0.3 is 0 Å². The fourth-order valence-electron chi connectivity index (χ4n) is 3.11. The number of amides is 2. The maximum atomic E-state index is 13.6. The lowest BCUT2D eigenvalue weighted by Gasteiger charge is -2.17. The molecule has 2 N–H and O–H groups in total. The summed E-state index contributed by atoms with van der Waals surface area (Å²) in [5, 5.41) is 3.54. The maximum absolute atomic E-state index is 13.6. The fraction of sp³-hybridized carbons (Fsp3) is 0.238. The topological polar surface area (TPSA) is 65.2 Å². The van der Waals surface area contributed by atoms with Crippen molar-refractivity contribution in [3.63, 3.8) is 0 Å². The lowest BCUT2D eigenvalue weighted by atomic mass is 10.1. The van der Waals surface area contributed by atoms with E-state index in [1.807, 2.05) is 37.4 Å². The van der Waals surface area contributed by atoms with Gasteiger partial charge in [-0.2, -0.15) is 0 Å². The number of fused-ring (bicyclic) bond motifs is 1. The van der Waals surface area contributed by atoms with Crippen LogP contribution in [0.3, 0.4) is 0 Å². The van der Waals surface area contributed by atoms with Crippen LogP contribution in [-0.4, -0.2) is 41.5 Å². The summed E-state index contributed by atoms with van der Waals surface area (Å²) >= 11 is 1.54. The first-order valence-corrected chi connectivity index (χ1v) is 10.0. The van der Waals surface area contributed by atoms with Crippen LogP contribution < -0.4 is 5.32 Å². The van der Waals surface area contributed by atoms with E-state index in [1.165, 1.54) is 28.8 Å². The molecule has 0 atom stereocenters. The highest BCUT2D eigenvalue weighted by Gasteiger charge is 2.18. The number of aryl methyl sites for hydroxylation is 1. The summed E-state index contributed by atoms with van der Waals surface area (Å²) in [6, 6.07) is 12.0. The number of aromatic amines is 1. The highest BCUT2D eigenvalue weighted by Crippen LogP contribution is 2.25. The number of para-hydroxylation sites is 1. The Balaban J connectivity index is 1.67.